The van der Waals surface area contributed by atoms with Gasteiger partial charge in [-0.25, -0.2) is 19.3 Å². The minimum absolute atomic E-state index is 0.317. The molecule has 1 aliphatic heterocycles. The summed E-state index contributed by atoms with van der Waals surface area (Å²) < 4.78 is 17.0. The average molecular weight is 501 g/mol. The topological polar surface area (TPSA) is 75.0 Å². The van der Waals surface area contributed by atoms with Crippen LogP contribution in [0.5, 0.6) is 0 Å². The number of nitrogens with zero attached hydrogens (tertiary/aromatic N) is 7. The van der Waals surface area contributed by atoms with Crippen molar-refractivity contribution in [1.82, 2.24) is 34.5 Å². The lowest BCUT2D eigenvalue weighted by molar-refractivity contribution is 0.132. The highest BCUT2D eigenvalue weighted by Crippen LogP contribution is 2.44. The van der Waals surface area contributed by atoms with Crippen LogP contribution in [0.25, 0.3) is 22.2 Å². The second kappa shape index (κ2) is 10.1. The summed E-state index contributed by atoms with van der Waals surface area (Å²) in [5.74, 6) is 1.26. The molecule has 4 aromatic rings. The molecular formula is C28H33FN8. The van der Waals surface area contributed by atoms with E-state index in [4.69, 9.17) is 0 Å². The van der Waals surface area contributed by atoms with Crippen LogP contribution >= 0.6 is 0 Å². The van der Waals surface area contributed by atoms with Gasteiger partial charge in [-0.2, -0.15) is 5.10 Å². The zero-order chi connectivity index (χ0) is 25.4. The smallest absolute Gasteiger partial charge is 0.228 e. The third-order valence-electron chi connectivity index (χ3n) is 7.44. The fourth-order valence-corrected chi connectivity index (χ4v) is 5.19. The van der Waals surface area contributed by atoms with Gasteiger partial charge in [-0.05, 0) is 56.1 Å². The number of anilines is 2. The number of hydrogen-bond donors (Lipinski definition) is 1. The van der Waals surface area contributed by atoms with Crippen LogP contribution in [0.4, 0.5) is 16.2 Å². The molecule has 1 N–H and O–H groups in total. The lowest BCUT2D eigenvalue weighted by Crippen LogP contribution is -2.45. The molecule has 0 bridgehead atoms. The first-order chi connectivity index (χ1) is 18.1. The van der Waals surface area contributed by atoms with Crippen LogP contribution in [0.3, 0.4) is 0 Å². The number of fused-ring (bicyclic) bond motifs is 1. The largest absolute Gasteiger partial charge is 0.309 e. The average Bonchev–Trinajstić information content (AvgIpc) is 3.69. The fourth-order valence-electron chi connectivity index (χ4n) is 5.19. The quantitative estimate of drug-likeness (QED) is 0.372. The predicted octanol–water partition coefficient (Wildman–Crippen LogP) is 4.81. The number of piperazine rings is 1. The summed E-state index contributed by atoms with van der Waals surface area (Å²) in [5, 5.41) is 8.62. The van der Waals surface area contributed by atoms with E-state index < -0.39 is 0 Å². The molecule has 2 aliphatic rings. The van der Waals surface area contributed by atoms with Crippen molar-refractivity contribution < 1.29 is 4.39 Å². The van der Waals surface area contributed by atoms with Crippen LogP contribution in [0.2, 0.25) is 0 Å². The zero-order valence-corrected chi connectivity index (χ0v) is 21.5. The normalized spacial score (nSPS) is 16.9. The van der Waals surface area contributed by atoms with E-state index in [0.717, 1.165) is 75.3 Å². The van der Waals surface area contributed by atoms with Crippen molar-refractivity contribution >= 4 is 22.7 Å². The molecule has 0 atom stereocenters. The first kappa shape index (κ1) is 23.9. The standard InChI is InChI=1S/C28H33FN8/c1-3-35-11-13-36(14-12-35)18-19-5-8-25(31-17-19)33-28-30-10-9-24(32-28)21-15-22-26(23(29)16-21)34-37(4-2)27(22)20-6-7-20/h5,8-10,15-17,20H,3-4,6-7,11-14,18H2,1-2H3,(H,30,31,32,33). The Morgan fingerprint density at radius 1 is 0.973 bits per heavy atom. The van der Waals surface area contributed by atoms with E-state index in [1.54, 1.807) is 6.20 Å². The number of hydrogen-bond acceptors (Lipinski definition) is 7. The molecule has 6 rings (SSSR count). The second-order valence-electron chi connectivity index (χ2n) is 9.98. The van der Waals surface area contributed by atoms with Crippen LogP contribution in [0.1, 0.15) is 43.9 Å². The van der Waals surface area contributed by atoms with Gasteiger partial charge in [0.1, 0.15) is 11.3 Å². The Morgan fingerprint density at radius 2 is 1.78 bits per heavy atom. The van der Waals surface area contributed by atoms with Crippen LogP contribution in [-0.2, 0) is 13.1 Å². The van der Waals surface area contributed by atoms with Crippen molar-refractivity contribution in [3.05, 3.63) is 59.8 Å². The van der Waals surface area contributed by atoms with E-state index in [1.807, 2.05) is 36.0 Å². The number of pyridine rings is 1. The van der Waals surface area contributed by atoms with E-state index in [-0.39, 0.29) is 5.82 Å². The molecule has 2 fully saturated rings. The first-order valence-corrected chi connectivity index (χ1v) is 13.3. The number of halogens is 1. The van der Waals surface area contributed by atoms with Gasteiger partial charge in [-0.3, -0.25) is 9.58 Å². The predicted molar refractivity (Wildman–Crippen MR) is 143 cm³/mol. The van der Waals surface area contributed by atoms with Gasteiger partial charge in [0.25, 0.3) is 0 Å². The van der Waals surface area contributed by atoms with Gasteiger partial charge in [0.05, 0.1) is 5.69 Å². The van der Waals surface area contributed by atoms with Gasteiger partial charge in [0.15, 0.2) is 5.82 Å². The summed E-state index contributed by atoms with van der Waals surface area (Å²) in [6.07, 6.45) is 5.87. The molecule has 37 heavy (non-hydrogen) atoms. The molecule has 3 aromatic heterocycles. The van der Waals surface area contributed by atoms with Gasteiger partial charge >= 0.3 is 0 Å². The van der Waals surface area contributed by atoms with Gasteiger partial charge in [-0.1, -0.05) is 13.0 Å². The monoisotopic (exact) mass is 500 g/mol. The van der Waals surface area contributed by atoms with Gasteiger partial charge in [-0.15, -0.1) is 0 Å². The number of likely N-dealkylation sites (N-methyl/N-ethyl adjacent to an activating group) is 1. The van der Waals surface area contributed by atoms with Crippen molar-refractivity contribution in [3.8, 4) is 11.3 Å². The zero-order valence-electron chi connectivity index (χ0n) is 21.5. The third-order valence-corrected chi connectivity index (χ3v) is 7.44. The fraction of sp³-hybridized carbons (Fsp3) is 0.429. The Morgan fingerprint density at radius 3 is 2.49 bits per heavy atom. The van der Waals surface area contributed by atoms with E-state index in [1.165, 1.54) is 11.6 Å². The van der Waals surface area contributed by atoms with Crippen molar-refractivity contribution in [2.45, 2.75) is 45.7 Å². The SMILES string of the molecule is CCN1CCN(Cc2ccc(Nc3nccc(-c4cc(F)c5nn(CC)c(C6CC6)c5c4)n3)nc2)CC1. The van der Waals surface area contributed by atoms with Crippen LogP contribution in [0.15, 0.2) is 42.7 Å². The molecule has 1 saturated carbocycles. The Balaban J connectivity index is 1.18. The van der Waals surface area contributed by atoms with Gasteiger partial charge < -0.3 is 10.2 Å². The molecule has 8 nitrogen and oxygen atoms in total. The molecule has 1 aliphatic carbocycles. The Kier molecular flexibility index (Phi) is 6.56. The van der Waals surface area contributed by atoms with E-state index in [2.05, 4.69) is 48.2 Å². The molecule has 192 valence electrons. The maximum atomic E-state index is 15.1. The lowest BCUT2D eigenvalue weighted by Gasteiger charge is -2.33. The minimum atomic E-state index is -0.317. The molecule has 4 heterocycles. The maximum absolute atomic E-state index is 15.1. The van der Waals surface area contributed by atoms with Crippen molar-refractivity contribution in [1.29, 1.82) is 0 Å². The van der Waals surface area contributed by atoms with Crippen LogP contribution in [0, 0.1) is 5.82 Å². The molecule has 0 unspecified atom stereocenters. The number of rotatable bonds is 8. The summed E-state index contributed by atoms with van der Waals surface area (Å²) in [5.41, 5.74) is 4.15. The molecule has 1 aromatic carbocycles. The number of aryl methyl sites for hydroxylation is 1. The number of nitrogens with one attached hydrogen (secondary N) is 1. The maximum Gasteiger partial charge on any atom is 0.228 e. The number of aromatic nitrogens is 5. The van der Waals surface area contributed by atoms with E-state index in [9.17, 15) is 0 Å². The number of benzene rings is 1. The van der Waals surface area contributed by atoms with E-state index in [0.29, 0.717) is 28.9 Å². The Hall–Kier alpha value is -3.43. The first-order valence-electron chi connectivity index (χ1n) is 13.3. The second-order valence-corrected chi connectivity index (χ2v) is 9.98. The third kappa shape index (κ3) is 5.06. The summed E-state index contributed by atoms with van der Waals surface area (Å²) >= 11 is 0. The Labute approximate surface area is 216 Å². The van der Waals surface area contributed by atoms with Crippen LogP contribution < -0.4 is 5.32 Å². The molecule has 0 amide bonds. The van der Waals surface area contributed by atoms with Crippen molar-refractivity contribution in [3.63, 3.8) is 0 Å². The Bertz CT molecular complexity index is 1390. The summed E-state index contributed by atoms with van der Waals surface area (Å²) in [6.45, 7) is 11.4. The summed E-state index contributed by atoms with van der Waals surface area (Å²) in [6, 6.07) is 9.40. The molecule has 1 saturated heterocycles. The molecular weight excluding hydrogens is 467 g/mol. The van der Waals surface area contributed by atoms with Crippen molar-refractivity contribution in [2.24, 2.45) is 0 Å². The molecule has 0 spiro atoms. The van der Waals surface area contributed by atoms with E-state index >= 15 is 4.39 Å². The summed E-state index contributed by atoms with van der Waals surface area (Å²) in [7, 11) is 0. The molecule has 9 heteroatoms. The van der Waals surface area contributed by atoms with Crippen LogP contribution in [-0.4, -0.2) is 67.3 Å². The molecule has 0 radical (unpaired) electrons. The van der Waals surface area contributed by atoms with Gasteiger partial charge in [0, 0.05) is 74.2 Å². The highest BCUT2D eigenvalue weighted by Gasteiger charge is 2.30. The minimum Gasteiger partial charge on any atom is -0.309 e. The van der Waals surface area contributed by atoms with Crippen molar-refractivity contribution in [2.75, 3.05) is 38.0 Å². The summed E-state index contributed by atoms with van der Waals surface area (Å²) in [4.78, 5) is 18.6. The highest BCUT2D eigenvalue weighted by atomic mass is 19.1. The highest BCUT2D eigenvalue weighted by molar-refractivity contribution is 5.87. The lowest BCUT2D eigenvalue weighted by atomic mass is 10.1. The van der Waals surface area contributed by atoms with Gasteiger partial charge in [0.2, 0.25) is 5.95 Å².